The number of piperidine rings is 1. The van der Waals surface area contributed by atoms with Crippen LogP contribution in [-0.2, 0) is 11.2 Å². The second-order valence-corrected chi connectivity index (χ2v) is 5.32. The molecule has 0 radical (unpaired) electrons. The van der Waals surface area contributed by atoms with E-state index in [9.17, 15) is 18.0 Å². The van der Waals surface area contributed by atoms with Crippen LogP contribution in [0.4, 0.5) is 13.2 Å². The normalized spacial score (nSPS) is 20.0. The van der Waals surface area contributed by atoms with E-state index in [1.54, 1.807) is 0 Å². The lowest BCUT2D eigenvalue weighted by Gasteiger charge is -2.33. The van der Waals surface area contributed by atoms with Crippen molar-refractivity contribution in [3.8, 4) is 0 Å². The van der Waals surface area contributed by atoms with Crippen molar-refractivity contribution in [2.75, 3.05) is 13.1 Å². The number of likely N-dealkylation sites (tertiary alicyclic amines) is 1. The van der Waals surface area contributed by atoms with Gasteiger partial charge in [-0.25, -0.2) is 0 Å². The zero-order valence-corrected chi connectivity index (χ0v) is 11.4. The Balaban J connectivity index is 2.01. The topological polar surface area (TPSA) is 20.3 Å². The fourth-order valence-electron chi connectivity index (χ4n) is 2.55. The molecular formula is C15H18F3NO. The second-order valence-electron chi connectivity index (χ2n) is 5.32. The van der Waals surface area contributed by atoms with E-state index in [4.69, 9.17) is 0 Å². The second kappa shape index (κ2) is 5.85. The molecule has 2 nitrogen and oxygen atoms in total. The van der Waals surface area contributed by atoms with Gasteiger partial charge in [-0.15, -0.1) is 0 Å². The minimum Gasteiger partial charge on any atom is -0.342 e. The number of rotatable bonds is 2. The van der Waals surface area contributed by atoms with Gasteiger partial charge in [0.15, 0.2) is 0 Å². The van der Waals surface area contributed by atoms with Crippen molar-refractivity contribution in [2.24, 2.45) is 5.92 Å². The summed E-state index contributed by atoms with van der Waals surface area (Å²) in [7, 11) is 0. The predicted octanol–water partition coefficient (Wildman–Crippen LogP) is 3.34. The summed E-state index contributed by atoms with van der Waals surface area (Å²) >= 11 is 0. The Morgan fingerprint density at radius 2 is 2.05 bits per heavy atom. The van der Waals surface area contributed by atoms with Gasteiger partial charge in [-0.05, 0) is 30.9 Å². The molecule has 1 saturated heterocycles. The van der Waals surface area contributed by atoms with E-state index < -0.39 is 12.1 Å². The number of hydrogen-bond acceptors (Lipinski definition) is 1. The molecule has 1 aliphatic rings. The zero-order valence-electron chi connectivity index (χ0n) is 11.4. The lowest BCUT2D eigenvalue weighted by Crippen LogP contribution is -2.45. The minimum absolute atomic E-state index is 0.123. The van der Waals surface area contributed by atoms with Gasteiger partial charge in [0, 0.05) is 13.1 Å². The third-order valence-corrected chi connectivity index (χ3v) is 3.84. The Kier molecular flexibility index (Phi) is 4.35. The van der Waals surface area contributed by atoms with E-state index in [0.717, 1.165) is 11.1 Å². The van der Waals surface area contributed by atoms with Crippen LogP contribution < -0.4 is 0 Å². The summed E-state index contributed by atoms with van der Waals surface area (Å²) in [6, 6.07) is 7.46. The summed E-state index contributed by atoms with van der Waals surface area (Å²) in [6.45, 7) is 2.13. The van der Waals surface area contributed by atoms with Crippen LogP contribution >= 0.6 is 0 Å². The molecule has 0 unspecified atom stereocenters. The number of aryl methyl sites for hydroxylation is 1. The molecule has 1 atom stereocenters. The maximum atomic E-state index is 12.7. The highest BCUT2D eigenvalue weighted by Crippen LogP contribution is 2.33. The van der Waals surface area contributed by atoms with Crippen LogP contribution in [0.5, 0.6) is 0 Å². The van der Waals surface area contributed by atoms with Crippen LogP contribution in [0.2, 0.25) is 0 Å². The number of alkyl halides is 3. The lowest BCUT2D eigenvalue weighted by molar-refractivity contribution is -0.187. The van der Waals surface area contributed by atoms with Crippen LogP contribution in [0.1, 0.15) is 24.0 Å². The Hall–Kier alpha value is -1.52. The Bertz CT molecular complexity index is 484. The Morgan fingerprint density at radius 3 is 2.70 bits per heavy atom. The average Bonchev–Trinajstić information content (AvgIpc) is 2.40. The first kappa shape index (κ1) is 14.9. The molecule has 1 aromatic carbocycles. The Morgan fingerprint density at radius 1 is 1.35 bits per heavy atom. The summed E-state index contributed by atoms with van der Waals surface area (Å²) < 4.78 is 38.2. The number of amides is 1. The van der Waals surface area contributed by atoms with Crippen LogP contribution in [0, 0.1) is 12.8 Å². The standard InChI is InChI=1S/C15H18F3NO/c1-11-5-2-3-6-12(11)9-14(20)19-8-4-7-13(10-19)15(16,17)18/h2-3,5-6,13H,4,7-10H2,1H3/t13-/m1/s1. The molecule has 0 saturated carbocycles. The van der Waals surface area contributed by atoms with Gasteiger partial charge in [0.1, 0.15) is 0 Å². The van der Waals surface area contributed by atoms with E-state index in [0.29, 0.717) is 13.0 Å². The zero-order chi connectivity index (χ0) is 14.8. The molecule has 1 aromatic rings. The molecule has 20 heavy (non-hydrogen) atoms. The van der Waals surface area contributed by atoms with Gasteiger partial charge in [-0.1, -0.05) is 24.3 Å². The predicted molar refractivity (Wildman–Crippen MR) is 70.2 cm³/mol. The molecule has 1 aliphatic heterocycles. The largest absolute Gasteiger partial charge is 0.393 e. The van der Waals surface area contributed by atoms with Gasteiger partial charge in [-0.2, -0.15) is 13.2 Å². The van der Waals surface area contributed by atoms with Gasteiger partial charge in [0.05, 0.1) is 12.3 Å². The highest BCUT2D eigenvalue weighted by Gasteiger charge is 2.42. The van der Waals surface area contributed by atoms with Crippen molar-refractivity contribution < 1.29 is 18.0 Å². The molecule has 1 fully saturated rings. The summed E-state index contributed by atoms with van der Waals surface area (Å²) in [5.41, 5.74) is 1.87. The summed E-state index contributed by atoms with van der Waals surface area (Å²) in [6.07, 6.45) is -3.49. The van der Waals surface area contributed by atoms with E-state index in [2.05, 4.69) is 0 Å². The SMILES string of the molecule is Cc1ccccc1CC(=O)N1CCC[C@@H](C(F)(F)F)C1. The highest BCUT2D eigenvalue weighted by atomic mass is 19.4. The van der Waals surface area contributed by atoms with Gasteiger partial charge in [0.25, 0.3) is 0 Å². The molecule has 0 spiro atoms. The fourth-order valence-corrected chi connectivity index (χ4v) is 2.55. The van der Waals surface area contributed by atoms with Crippen molar-refractivity contribution in [1.29, 1.82) is 0 Å². The average molecular weight is 285 g/mol. The van der Waals surface area contributed by atoms with E-state index in [1.165, 1.54) is 4.90 Å². The molecule has 0 aromatic heterocycles. The van der Waals surface area contributed by atoms with Gasteiger partial charge >= 0.3 is 6.18 Å². The molecule has 0 bridgehead atoms. The quantitative estimate of drug-likeness (QED) is 0.816. The van der Waals surface area contributed by atoms with Crippen LogP contribution in [-0.4, -0.2) is 30.1 Å². The first-order valence-corrected chi connectivity index (χ1v) is 6.77. The molecular weight excluding hydrogens is 267 g/mol. The van der Waals surface area contributed by atoms with Crippen LogP contribution in [0.15, 0.2) is 24.3 Å². The molecule has 1 amide bonds. The number of hydrogen-bond donors (Lipinski definition) is 0. The molecule has 5 heteroatoms. The van der Waals surface area contributed by atoms with E-state index >= 15 is 0 Å². The van der Waals surface area contributed by atoms with Crippen molar-refractivity contribution in [3.63, 3.8) is 0 Å². The summed E-state index contributed by atoms with van der Waals surface area (Å²) in [5, 5.41) is 0. The smallest absolute Gasteiger partial charge is 0.342 e. The first-order valence-electron chi connectivity index (χ1n) is 6.77. The third kappa shape index (κ3) is 3.52. The van der Waals surface area contributed by atoms with E-state index in [-0.39, 0.29) is 25.3 Å². The maximum absolute atomic E-state index is 12.7. The van der Waals surface area contributed by atoms with Gasteiger partial charge < -0.3 is 4.90 Å². The van der Waals surface area contributed by atoms with Crippen molar-refractivity contribution >= 4 is 5.91 Å². The van der Waals surface area contributed by atoms with E-state index in [1.807, 2.05) is 31.2 Å². The number of nitrogens with zero attached hydrogens (tertiary/aromatic N) is 1. The monoisotopic (exact) mass is 285 g/mol. The Labute approximate surface area is 116 Å². The third-order valence-electron chi connectivity index (χ3n) is 3.84. The lowest BCUT2D eigenvalue weighted by atomic mass is 9.96. The fraction of sp³-hybridized carbons (Fsp3) is 0.533. The molecule has 0 aliphatic carbocycles. The highest BCUT2D eigenvalue weighted by molar-refractivity contribution is 5.79. The molecule has 2 rings (SSSR count). The van der Waals surface area contributed by atoms with Crippen molar-refractivity contribution in [1.82, 2.24) is 4.90 Å². The first-order chi connectivity index (χ1) is 9.38. The number of halogens is 3. The van der Waals surface area contributed by atoms with Gasteiger partial charge in [0.2, 0.25) is 5.91 Å². The number of carbonyl (C=O) groups is 1. The molecule has 0 N–H and O–H groups in total. The maximum Gasteiger partial charge on any atom is 0.393 e. The van der Waals surface area contributed by atoms with Gasteiger partial charge in [-0.3, -0.25) is 4.79 Å². The van der Waals surface area contributed by atoms with Crippen molar-refractivity contribution in [2.45, 2.75) is 32.4 Å². The van der Waals surface area contributed by atoms with Crippen LogP contribution in [0.3, 0.4) is 0 Å². The molecule has 1 heterocycles. The minimum atomic E-state index is -4.21. The van der Waals surface area contributed by atoms with Crippen LogP contribution in [0.25, 0.3) is 0 Å². The summed E-state index contributed by atoms with van der Waals surface area (Å²) in [5.74, 6) is -1.59. The molecule has 110 valence electrons. The summed E-state index contributed by atoms with van der Waals surface area (Å²) in [4.78, 5) is 13.5. The number of carbonyl (C=O) groups excluding carboxylic acids is 1. The van der Waals surface area contributed by atoms with Crippen molar-refractivity contribution in [3.05, 3.63) is 35.4 Å². The number of benzene rings is 1.